The molecule has 0 aromatic carbocycles. The zero-order chi connectivity index (χ0) is 13.8. The van der Waals surface area contributed by atoms with Crippen molar-refractivity contribution < 1.29 is 9.59 Å². The number of rotatable bonds is 2. The summed E-state index contributed by atoms with van der Waals surface area (Å²) in [5, 5.41) is 0. The Balaban J connectivity index is 1.75. The lowest BCUT2D eigenvalue weighted by Crippen LogP contribution is -2.67. The fraction of sp³-hybridized carbons (Fsp3) is 0.875. The van der Waals surface area contributed by atoms with Gasteiger partial charge in [0.05, 0.1) is 12.0 Å². The highest BCUT2D eigenvalue weighted by molar-refractivity contribution is 6.03. The first-order valence-corrected chi connectivity index (χ1v) is 7.83. The van der Waals surface area contributed by atoms with Crippen molar-refractivity contribution in [2.75, 3.05) is 0 Å². The molecule has 0 spiro atoms. The van der Waals surface area contributed by atoms with Gasteiger partial charge in [0.15, 0.2) is 0 Å². The Kier molecular flexibility index (Phi) is 2.99. The van der Waals surface area contributed by atoms with E-state index in [0.717, 1.165) is 31.1 Å². The van der Waals surface area contributed by atoms with Gasteiger partial charge in [0.1, 0.15) is 0 Å². The predicted octanol–water partition coefficient (Wildman–Crippen LogP) is 2.99. The third kappa shape index (κ3) is 1.85. The molecule has 4 unspecified atom stereocenters. The normalized spacial score (nSPS) is 37.6. The molecule has 3 rings (SSSR count). The SMILES string of the molecule is CCC(C)(C)C(=O)N1C(=O)C2CC3CCCC3CC21. The van der Waals surface area contributed by atoms with E-state index in [1.165, 1.54) is 19.3 Å². The zero-order valence-corrected chi connectivity index (χ0v) is 12.3. The fourth-order valence-corrected chi connectivity index (χ4v) is 4.23. The highest BCUT2D eigenvalue weighted by Crippen LogP contribution is 2.50. The van der Waals surface area contributed by atoms with Crippen LogP contribution in [0.3, 0.4) is 0 Å². The number of carbonyl (C=O) groups excluding carboxylic acids is 2. The summed E-state index contributed by atoms with van der Waals surface area (Å²) < 4.78 is 0. The van der Waals surface area contributed by atoms with E-state index < -0.39 is 5.41 Å². The van der Waals surface area contributed by atoms with E-state index in [-0.39, 0.29) is 23.8 Å². The van der Waals surface area contributed by atoms with Crippen LogP contribution in [0.15, 0.2) is 0 Å². The standard InChI is InChI=1S/C16H25NO2/c1-4-16(2,3)15(19)17-13-9-11-7-5-6-10(11)8-12(13)14(17)18/h10-13H,4-9H2,1-3H3. The van der Waals surface area contributed by atoms with E-state index in [9.17, 15) is 9.59 Å². The monoisotopic (exact) mass is 263 g/mol. The van der Waals surface area contributed by atoms with E-state index in [4.69, 9.17) is 0 Å². The van der Waals surface area contributed by atoms with Crippen LogP contribution < -0.4 is 0 Å². The maximum atomic E-state index is 12.5. The Morgan fingerprint density at radius 3 is 2.53 bits per heavy atom. The summed E-state index contributed by atoms with van der Waals surface area (Å²) in [5.74, 6) is 1.87. The number of carbonyl (C=O) groups is 2. The number of imide groups is 1. The maximum Gasteiger partial charge on any atom is 0.235 e. The topological polar surface area (TPSA) is 37.4 Å². The molecular formula is C16H25NO2. The molecule has 1 heterocycles. The molecule has 0 radical (unpaired) electrons. The van der Waals surface area contributed by atoms with E-state index in [1.807, 2.05) is 20.8 Å². The zero-order valence-electron chi connectivity index (χ0n) is 12.3. The van der Waals surface area contributed by atoms with Crippen molar-refractivity contribution in [3.63, 3.8) is 0 Å². The second-order valence-electron chi connectivity index (χ2n) is 7.35. The van der Waals surface area contributed by atoms with Crippen LogP contribution in [0.4, 0.5) is 0 Å². The van der Waals surface area contributed by atoms with E-state index in [2.05, 4.69) is 0 Å². The number of hydrogen-bond donors (Lipinski definition) is 0. The van der Waals surface area contributed by atoms with Gasteiger partial charge in [-0.25, -0.2) is 0 Å². The smallest absolute Gasteiger partial charge is 0.235 e. The second kappa shape index (κ2) is 4.32. The molecule has 0 aromatic heterocycles. The molecule has 106 valence electrons. The summed E-state index contributed by atoms with van der Waals surface area (Å²) in [5.41, 5.74) is -0.396. The van der Waals surface area contributed by atoms with Gasteiger partial charge < -0.3 is 0 Å². The molecule has 4 atom stereocenters. The number of hydrogen-bond acceptors (Lipinski definition) is 2. The van der Waals surface area contributed by atoms with Gasteiger partial charge in [0, 0.05) is 5.41 Å². The Morgan fingerprint density at radius 2 is 1.89 bits per heavy atom. The highest BCUT2D eigenvalue weighted by Gasteiger charge is 2.57. The number of amides is 2. The fourth-order valence-electron chi connectivity index (χ4n) is 4.23. The van der Waals surface area contributed by atoms with E-state index in [0.29, 0.717) is 0 Å². The average Bonchev–Trinajstić information content (AvgIpc) is 2.84. The number of nitrogens with zero attached hydrogens (tertiary/aromatic N) is 1. The van der Waals surface area contributed by atoms with Crippen LogP contribution in [0.25, 0.3) is 0 Å². The molecule has 0 N–H and O–H groups in total. The predicted molar refractivity (Wildman–Crippen MR) is 73.3 cm³/mol. The molecule has 1 aliphatic heterocycles. The van der Waals surface area contributed by atoms with Crippen molar-refractivity contribution in [3.05, 3.63) is 0 Å². The lowest BCUT2D eigenvalue weighted by Gasteiger charge is -2.53. The number of fused-ring (bicyclic) bond motifs is 2. The first-order chi connectivity index (χ1) is 8.95. The van der Waals surface area contributed by atoms with Crippen molar-refractivity contribution >= 4 is 11.8 Å². The highest BCUT2D eigenvalue weighted by atomic mass is 16.2. The Morgan fingerprint density at radius 1 is 1.26 bits per heavy atom. The summed E-state index contributed by atoms with van der Waals surface area (Å²) in [6, 6.07) is 0.227. The summed E-state index contributed by atoms with van der Waals surface area (Å²) in [4.78, 5) is 26.4. The van der Waals surface area contributed by atoms with Crippen molar-refractivity contribution in [1.29, 1.82) is 0 Å². The van der Waals surface area contributed by atoms with Crippen molar-refractivity contribution in [1.82, 2.24) is 4.90 Å². The molecule has 3 nitrogen and oxygen atoms in total. The molecule has 2 amide bonds. The molecule has 19 heavy (non-hydrogen) atoms. The van der Waals surface area contributed by atoms with Crippen molar-refractivity contribution in [3.8, 4) is 0 Å². The summed E-state index contributed by atoms with van der Waals surface area (Å²) in [7, 11) is 0. The van der Waals surface area contributed by atoms with E-state index in [1.54, 1.807) is 4.90 Å². The van der Waals surface area contributed by atoms with Gasteiger partial charge in [0.25, 0.3) is 0 Å². The number of likely N-dealkylation sites (tertiary alicyclic amines) is 1. The molecule has 0 aromatic rings. The molecular weight excluding hydrogens is 238 g/mol. The quantitative estimate of drug-likeness (QED) is 0.718. The summed E-state index contributed by atoms with van der Waals surface area (Å²) in [6.07, 6.45) is 6.84. The van der Waals surface area contributed by atoms with Gasteiger partial charge in [0.2, 0.25) is 11.8 Å². The van der Waals surface area contributed by atoms with Crippen LogP contribution >= 0.6 is 0 Å². The Bertz CT molecular complexity index is 415. The van der Waals surface area contributed by atoms with Crippen LogP contribution in [0.5, 0.6) is 0 Å². The van der Waals surface area contributed by atoms with Gasteiger partial charge in [-0.15, -0.1) is 0 Å². The summed E-state index contributed by atoms with van der Waals surface area (Å²) >= 11 is 0. The lowest BCUT2D eigenvalue weighted by molar-refractivity contribution is -0.176. The largest absolute Gasteiger partial charge is 0.278 e. The average molecular weight is 263 g/mol. The Hall–Kier alpha value is -0.860. The van der Waals surface area contributed by atoms with Crippen LogP contribution in [-0.2, 0) is 9.59 Å². The van der Waals surface area contributed by atoms with Crippen LogP contribution in [0, 0.1) is 23.2 Å². The minimum atomic E-state index is -0.396. The third-order valence-corrected chi connectivity index (χ3v) is 5.95. The van der Waals surface area contributed by atoms with Crippen molar-refractivity contribution in [2.24, 2.45) is 23.2 Å². The minimum Gasteiger partial charge on any atom is -0.278 e. The van der Waals surface area contributed by atoms with Gasteiger partial charge in [-0.2, -0.15) is 0 Å². The molecule has 0 bridgehead atoms. The van der Waals surface area contributed by atoms with E-state index >= 15 is 0 Å². The van der Waals surface area contributed by atoms with Crippen LogP contribution in [0.2, 0.25) is 0 Å². The van der Waals surface area contributed by atoms with Gasteiger partial charge in [-0.05, 0) is 31.1 Å². The minimum absolute atomic E-state index is 0.0534. The molecule has 1 saturated heterocycles. The van der Waals surface area contributed by atoms with Crippen LogP contribution in [-0.4, -0.2) is 22.8 Å². The molecule has 3 aliphatic rings. The Labute approximate surface area is 115 Å². The molecule has 2 saturated carbocycles. The molecule has 3 fully saturated rings. The maximum absolute atomic E-state index is 12.5. The van der Waals surface area contributed by atoms with Crippen LogP contribution in [0.1, 0.15) is 59.3 Å². The van der Waals surface area contributed by atoms with Gasteiger partial charge in [-0.1, -0.05) is 40.0 Å². The molecule has 3 heteroatoms. The third-order valence-electron chi connectivity index (χ3n) is 5.95. The lowest BCUT2D eigenvalue weighted by atomic mass is 9.66. The van der Waals surface area contributed by atoms with Gasteiger partial charge in [-0.3, -0.25) is 14.5 Å². The second-order valence-corrected chi connectivity index (χ2v) is 7.35. The summed E-state index contributed by atoms with van der Waals surface area (Å²) in [6.45, 7) is 5.93. The number of β-lactam (4-membered cyclic amide) rings is 1. The van der Waals surface area contributed by atoms with Crippen molar-refractivity contribution in [2.45, 2.75) is 65.3 Å². The first-order valence-electron chi connectivity index (χ1n) is 7.83. The first kappa shape index (κ1) is 13.1. The van der Waals surface area contributed by atoms with Gasteiger partial charge >= 0.3 is 0 Å². The molecule has 2 aliphatic carbocycles.